The minimum atomic E-state index is -0.587. The Morgan fingerprint density at radius 2 is 1.74 bits per heavy atom. The molecule has 4 rings (SSSR count). The molecule has 2 heterocycles. The number of ether oxygens (including phenoxy) is 2. The molecule has 0 radical (unpaired) electrons. The number of carbonyl (C=O) groups excluding carboxylic acids is 1. The molecule has 0 saturated carbocycles. The zero-order valence-corrected chi connectivity index (χ0v) is 16.3. The number of aromatic nitrogens is 4. The third-order valence-corrected chi connectivity index (χ3v) is 4.03. The highest BCUT2D eigenvalue weighted by atomic mass is 16.5. The van der Waals surface area contributed by atoms with Crippen LogP contribution in [-0.4, -0.2) is 25.9 Å². The first-order valence-corrected chi connectivity index (χ1v) is 9.34. The van der Waals surface area contributed by atoms with Gasteiger partial charge in [-0.05, 0) is 36.4 Å². The number of carbonyl (C=O) groups is 1. The maximum absolute atomic E-state index is 12.7. The van der Waals surface area contributed by atoms with Gasteiger partial charge in [-0.3, -0.25) is 4.98 Å². The lowest BCUT2D eigenvalue weighted by molar-refractivity contribution is 0.0459. The molecule has 2 aromatic heterocycles. The Morgan fingerprint density at radius 1 is 0.935 bits per heavy atom. The summed E-state index contributed by atoms with van der Waals surface area (Å²) in [5, 5.41) is 3.03. The fourth-order valence-electron chi connectivity index (χ4n) is 2.68. The summed E-state index contributed by atoms with van der Waals surface area (Å²) in [5.74, 6) is 0.748. The molecule has 0 aliphatic rings. The maximum Gasteiger partial charge on any atom is 0.342 e. The number of nitrogen functional groups attached to an aromatic ring is 1. The Kier molecular flexibility index (Phi) is 5.94. The monoisotopic (exact) mass is 414 g/mol. The van der Waals surface area contributed by atoms with Gasteiger partial charge in [-0.2, -0.15) is 15.0 Å². The van der Waals surface area contributed by atoms with Gasteiger partial charge < -0.3 is 20.5 Å². The van der Waals surface area contributed by atoms with Gasteiger partial charge in [0.1, 0.15) is 17.1 Å². The van der Waals surface area contributed by atoms with E-state index in [0.29, 0.717) is 11.5 Å². The van der Waals surface area contributed by atoms with Crippen LogP contribution in [0, 0.1) is 0 Å². The van der Waals surface area contributed by atoms with E-state index in [9.17, 15) is 4.79 Å². The van der Waals surface area contributed by atoms with Crippen molar-refractivity contribution in [3.05, 3.63) is 90.5 Å². The number of para-hydroxylation sites is 2. The second kappa shape index (κ2) is 9.31. The normalized spacial score (nSPS) is 10.3. The topological polar surface area (TPSA) is 125 Å². The molecular formula is C22H18N6O3. The zero-order chi connectivity index (χ0) is 21.5. The lowest BCUT2D eigenvalue weighted by atomic mass is 10.2. The number of anilines is 3. The first-order valence-electron chi connectivity index (χ1n) is 9.34. The van der Waals surface area contributed by atoms with Gasteiger partial charge in [-0.25, -0.2) is 4.79 Å². The van der Waals surface area contributed by atoms with Gasteiger partial charge in [0.25, 0.3) is 0 Å². The van der Waals surface area contributed by atoms with Gasteiger partial charge in [-0.15, -0.1) is 0 Å². The van der Waals surface area contributed by atoms with E-state index in [0.717, 1.165) is 5.69 Å². The molecule has 9 nitrogen and oxygen atoms in total. The highest BCUT2D eigenvalue weighted by Crippen LogP contribution is 2.25. The second-order valence-corrected chi connectivity index (χ2v) is 6.29. The fourth-order valence-corrected chi connectivity index (χ4v) is 2.68. The molecule has 3 N–H and O–H groups in total. The SMILES string of the molecule is Nc1nc(COC(=O)c2ccccc2Oc2cccnc2)nc(Nc2ccccc2)n1. The van der Waals surface area contributed by atoms with Gasteiger partial charge >= 0.3 is 5.97 Å². The van der Waals surface area contributed by atoms with E-state index in [2.05, 4.69) is 25.3 Å². The molecule has 0 spiro atoms. The minimum Gasteiger partial charge on any atom is -0.455 e. The van der Waals surface area contributed by atoms with Crippen molar-refractivity contribution in [1.82, 2.24) is 19.9 Å². The number of hydrogen-bond acceptors (Lipinski definition) is 9. The molecule has 2 aromatic carbocycles. The van der Waals surface area contributed by atoms with E-state index in [1.54, 1.807) is 48.8 Å². The summed E-state index contributed by atoms with van der Waals surface area (Å²) in [6, 6.07) is 19.6. The third-order valence-electron chi connectivity index (χ3n) is 4.03. The molecule has 0 atom stereocenters. The van der Waals surface area contributed by atoms with Gasteiger partial charge in [0.15, 0.2) is 12.4 Å². The predicted octanol–water partition coefficient (Wildman–Crippen LogP) is 3.74. The number of rotatable bonds is 7. The molecule has 4 aromatic rings. The first kappa shape index (κ1) is 19.8. The number of nitrogens with two attached hydrogens (primary N) is 1. The number of nitrogens with zero attached hydrogens (tertiary/aromatic N) is 4. The summed E-state index contributed by atoms with van der Waals surface area (Å²) in [6.07, 6.45) is 3.19. The van der Waals surface area contributed by atoms with Crippen molar-refractivity contribution in [1.29, 1.82) is 0 Å². The Labute approximate surface area is 177 Å². The smallest absolute Gasteiger partial charge is 0.342 e. The molecule has 0 unspecified atom stereocenters. The fraction of sp³-hybridized carbons (Fsp3) is 0.0455. The van der Waals surface area contributed by atoms with E-state index in [-0.39, 0.29) is 29.9 Å². The van der Waals surface area contributed by atoms with Crippen LogP contribution >= 0.6 is 0 Å². The largest absolute Gasteiger partial charge is 0.455 e. The van der Waals surface area contributed by atoms with Crippen LogP contribution in [0.15, 0.2) is 79.1 Å². The molecule has 0 fully saturated rings. The van der Waals surface area contributed by atoms with E-state index in [4.69, 9.17) is 15.2 Å². The van der Waals surface area contributed by atoms with Gasteiger partial charge in [0.05, 0.1) is 6.20 Å². The van der Waals surface area contributed by atoms with Gasteiger partial charge in [-0.1, -0.05) is 30.3 Å². The Bertz CT molecular complexity index is 1170. The van der Waals surface area contributed by atoms with Crippen LogP contribution in [-0.2, 0) is 11.3 Å². The average molecular weight is 414 g/mol. The lowest BCUT2D eigenvalue weighted by Crippen LogP contribution is -2.11. The van der Waals surface area contributed by atoms with Crippen molar-refractivity contribution >= 4 is 23.6 Å². The molecule has 31 heavy (non-hydrogen) atoms. The highest BCUT2D eigenvalue weighted by molar-refractivity contribution is 5.92. The van der Waals surface area contributed by atoms with E-state index >= 15 is 0 Å². The third kappa shape index (κ3) is 5.30. The summed E-state index contributed by atoms with van der Waals surface area (Å²) in [6.45, 7) is -0.184. The Balaban J connectivity index is 1.46. The van der Waals surface area contributed by atoms with Crippen molar-refractivity contribution in [3.8, 4) is 11.5 Å². The molecule has 9 heteroatoms. The van der Waals surface area contributed by atoms with Crippen LogP contribution in [0.25, 0.3) is 0 Å². The molecule has 0 aliphatic carbocycles. The summed E-state index contributed by atoms with van der Waals surface area (Å²) >= 11 is 0. The van der Waals surface area contributed by atoms with Crippen LogP contribution < -0.4 is 15.8 Å². The summed E-state index contributed by atoms with van der Waals surface area (Å²) < 4.78 is 11.1. The van der Waals surface area contributed by atoms with Gasteiger partial charge in [0.2, 0.25) is 11.9 Å². The van der Waals surface area contributed by atoms with Crippen molar-refractivity contribution in [2.75, 3.05) is 11.1 Å². The zero-order valence-electron chi connectivity index (χ0n) is 16.3. The summed E-state index contributed by atoms with van der Waals surface area (Å²) in [4.78, 5) is 29.0. The van der Waals surface area contributed by atoms with Crippen molar-refractivity contribution < 1.29 is 14.3 Å². The van der Waals surface area contributed by atoms with Gasteiger partial charge in [0, 0.05) is 11.9 Å². The van der Waals surface area contributed by atoms with E-state index < -0.39 is 5.97 Å². The molecule has 0 saturated heterocycles. The Hall–Kier alpha value is -4.53. The molecule has 0 bridgehead atoms. The van der Waals surface area contributed by atoms with Crippen molar-refractivity contribution in [2.45, 2.75) is 6.61 Å². The number of nitrogens with one attached hydrogen (secondary N) is 1. The van der Waals surface area contributed by atoms with Crippen LogP contribution in [0.5, 0.6) is 11.5 Å². The lowest BCUT2D eigenvalue weighted by Gasteiger charge is -2.11. The number of hydrogen-bond donors (Lipinski definition) is 2. The Morgan fingerprint density at radius 3 is 2.55 bits per heavy atom. The predicted molar refractivity (Wildman–Crippen MR) is 114 cm³/mol. The average Bonchev–Trinajstić information content (AvgIpc) is 2.79. The van der Waals surface area contributed by atoms with Crippen molar-refractivity contribution in [3.63, 3.8) is 0 Å². The molecule has 0 amide bonds. The van der Waals surface area contributed by atoms with Crippen LogP contribution in [0.2, 0.25) is 0 Å². The molecule has 154 valence electrons. The standard InChI is InChI=1S/C22H18N6O3/c23-21-26-19(27-22(28-21)25-15-7-2-1-3-8-15)14-30-20(29)17-10-4-5-11-18(17)31-16-9-6-12-24-13-16/h1-13H,14H2,(H3,23,25,26,27,28). The first-order chi connectivity index (χ1) is 15.2. The number of esters is 1. The van der Waals surface area contributed by atoms with Crippen molar-refractivity contribution in [2.24, 2.45) is 0 Å². The van der Waals surface area contributed by atoms with E-state index in [1.165, 1.54) is 0 Å². The van der Waals surface area contributed by atoms with Crippen LogP contribution in [0.3, 0.4) is 0 Å². The van der Waals surface area contributed by atoms with Crippen LogP contribution in [0.4, 0.5) is 17.6 Å². The van der Waals surface area contributed by atoms with E-state index in [1.807, 2.05) is 30.3 Å². The quantitative estimate of drug-likeness (QED) is 0.435. The second-order valence-electron chi connectivity index (χ2n) is 6.29. The maximum atomic E-state index is 12.7. The molecule has 0 aliphatic heterocycles. The van der Waals surface area contributed by atoms with Crippen LogP contribution in [0.1, 0.15) is 16.2 Å². The summed E-state index contributed by atoms with van der Waals surface area (Å²) in [5.41, 5.74) is 6.82. The summed E-state index contributed by atoms with van der Waals surface area (Å²) in [7, 11) is 0. The minimum absolute atomic E-state index is 0.0137. The molecular weight excluding hydrogens is 396 g/mol. The number of pyridine rings is 1. The highest BCUT2D eigenvalue weighted by Gasteiger charge is 2.16. The number of benzene rings is 2.